The maximum absolute atomic E-state index is 11.8. The van der Waals surface area contributed by atoms with Gasteiger partial charge in [0, 0.05) is 6.42 Å². The third-order valence-electron chi connectivity index (χ3n) is 10.5. The highest BCUT2D eigenvalue weighted by Crippen LogP contribution is 2.68. The van der Waals surface area contributed by atoms with E-state index in [1.54, 1.807) is 0 Å². The highest BCUT2D eigenvalue weighted by molar-refractivity contribution is 7.80. The predicted molar refractivity (Wildman–Crippen MR) is 119 cm³/mol. The topological polar surface area (TPSA) is 121 Å². The van der Waals surface area contributed by atoms with Gasteiger partial charge in [0.2, 0.25) is 0 Å². The van der Waals surface area contributed by atoms with Crippen molar-refractivity contribution in [3.05, 3.63) is 0 Å². The van der Waals surface area contributed by atoms with Crippen molar-refractivity contribution in [1.29, 1.82) is 0 Å². The lowest BCUT2D eigenvalue weighted by atomic mass is 9.43. The molecule has 3 N–H and O–H groups in total. The van der Waals surface area contributed by atoms with Gasteiger partial charge in [-0.1, -0.05) is 20.8 Å². The second kappa shape index (κ2) is 8.51. The van der Waals surface area contributed by atoms with Gasteiger partial charge in [-0.3, -0.25) is 9.35 Å². The molecule has 4 rings (SSSR count). The molecule has 0 saturated heterocycles. The van der Waals surface area contributed by atoms with Gasteiger partial charge in [-0.25, -0.2) is 4.18 Å². The summed E-state index contributed by atoms with van der Waals surface area (Å²) in [5.74, 6) is 0.821. The lowest BCUT2D eigenvalue weighted by Gasteiger charge is -2.62. The molecule has 0 aliphatic heterocycles. The number of carboxylic acids is 1. The van der Waals surface area contributed by atoms with E-state index in [0.717, 1.165) is 38.5 Å². The Balaban J connectivity index is 1.64. The molecule has 10 atom stereocenters. The minimum Gasteiger partial charge on any atom is -0.481 e. The number of aliphatic carboxylic acids is 1. The molecule has 0 aromatic rings. The highest BCUT2D eigenvalue weighted by Gasteiger charge is 2.63. The van der Waals surface area contributed by atoms with Gasteiger partial charge in [0.05, 0.1) is 12.2 Å². The van der Waals surface area contributed by atoms with Crippen LogP contribution in [0.5, 0.6) is 0 Å². The summed E-state index contributed by atoms with van der Waals surface area (Å²) in [6.07, 6.45) is 6.97. The molecular weight excluding hydrogens is 432 g/mol. The third-order valence-corrected chi connectivity index (χ3v) is 10.9. The first kappa shape index (κ1) is 24.4. The van der Waals surface area contributed by atoms with E-state index in [1.165, 1.54) is 0 Å². The molecule has 4 fully saturated rings. The highest BCUT2D eigenvalue weighted by atomic mass is 32.3. The average Bonchev–Trinajstić information content (AvgIpc) is 3.03. The Kier molecular flexibility index (Phi) is 6.49. The summed E-state index contributed by atoms with van der Waals surface area (Å²) in [6, 6.07) is 0. The standard InChI is InChI=1S/C24H40O7S/c1-14(4-7-21(26)27)17-5-6-18-22-19(9-11-24(17,18)3)23(2)10-8-16(25)12-15(23)13-20(22)31-32(28,29)30/h14-20,22,25H,4-13H2,1-3H3,(H,26,27)(H,28,29,30). The Morgan fingerprint density at radius 3 is 2.38 bits per heavy atom. The van der Waals surface area contributed by atoms with Crippen LogP contribution in [0, 0.1) is 46.3 Å². The second-order valence-corrected chi connectivity index (χ2v) is 12.9. The number of hydrogen-bond acceptors (Lipinski definition) is 5. The summed E-state index contributed by atoms with van der Waals surface area (Å²) in [6.45, 7) is 6.82. The van der Waals surface area contributed by atoms with E-state index in [9.17, 15) is 22.9 Å². The average molecular weight is 473 g/mol. The van der Waals surface area contributed by atoms with Crippen LogP contribution in [0.3, 0.4) is 0 Å². The molecule has 32 heavy (non-hydrogen) atoms. The molecule has 0 spiro atoms. The van der Waals surface area contributed by atoms with Crippen LogP contribution in [0.25, 0.3) is 0 Å². The molecule has 184 valence electrons. The van der Waals surface area contributed by atoms with Crippen LogP contribution in [0.4, 0.5) is 0 Å². The maximum Gasteiger partial charge on any atom is 0.397 e. The van der Waals surface area contributed by atoms with E-state index in [0.29, 0.717) is 42.9 Å². The van der Waals surface area contributed by atoms with Gasteiger partial charge < -0.3 is 10.2 Å². The van der Waals surface area contributed by atoms with Gasteiger partial charge in [-0.05, 0) is 104 Å². The Bertz CT molecular complexity index is 828. The van der Waals surface area contributed by atoms with E-state index in [-0.39, 0.29) is 35.2 Å². The first-order chi connectivity index (χ1) is 14.8. The molecule has 0 aromatic carbocycles. The number of carbonyl (C=O) groups is 1. The fourth-order valence-electron chi connectivity index (χ4n) is 8.96. The first-order valence-corrected chi connectivity index (χ1v) is 13.8. The van der Waals surface area contributed by atoms with Gasteiger partial charge in [0.25, 0.3) is 0 Å². The van der Waals surface area contributed by atoms with E-state index < -0.39 is 22.5 Å². The smallest absolute Gasteiger partial charge is 0.397 e. The number of fused-ring (bicyclic) bond motifs is 5. The van der Waals surface area contributed by atoms with E-state index in [4.69, 9.17) is 9.29 Å². The van der Waals surface area contributed by atoms with Crippen LogP contribution in [-0.2, 0) is 19.4 Å². The lowest BCUT2D eigenvalue weighted by Crippen LogP contribution is -2.59. The van der Waals surface area contributed by atoms with Crippen molar-refractivity contribution in [2.45, 2.75) is 97.2 Å². The Morgan fingerprint density at radius 1 is 1.06 bits per heavy atom. The lowest BCUT2D eigenvalue weighted by molar-refractivity contribution is -0.168. The molecular formula is C24H40O7S. The van der Waals surface area contributed by atoms with Crippen molar-refractivity contribution in [2.75, 3.05) is 0 Å². The van der Waals surface area contributed by atoms with Crippen LogP contribution in [0.1, 0.15) is 85.0 Å². The van der Waals surface area contributed by atoms with Crippen LogP contribution >= 0.6 is 0 Å². The summed E-state index contributed by atoms with van der Waals surface area (Å²) in [4.78, 5) is 11.1. The molecule has 10 unspecified atom stereocenters. The van der Waals surface area contributed by atoms with Crippen molar-refractivity contribution in [3.63, 3.8) is 0 Å². The number of hydrogen-bond donors (Lipinski definition) is 3. The molecule has 0 heterocycles. The first-order valence-electron chi connectivity index (χ1n) is 12.4. The van der Waals surface area contributed by atoms with Gasteiger partial charge in [-0.2, -0.15) is 8.42 Å². The summed E-state index contributed by atoms with van der Waals surface area (Å²) < 4.78 is 38.6. The zero-order chi connectivity index (χ0) is 23.5. The van der Waals surface area contributed by atoms with Crippen molar-refractivity contribution in [2.24, 2.45) is 46.3 Å². The molecule has 0 amide bonds. The molecule has 4 aliphatic carbocycles. The monoisotopic (exact) mass is 472 g/mol. The number of rotatable bonds is 6. The van der Waals surface area contributed by atoms with Crippen LogP contribution in [0.2, 0.25) is 0 Å². The molecule has 7 nitrogen and oxygen atoms in total. The number of carboxylic acid groups (broad SMARTS) is 1. The van der Waals surface area contributed by atoms with Gasteiger partial charge >= 0.3 is 16.4 Å². The predicted octanol–water partition coefficient (Wildman–Crippen LogP) is 4.31. The Morgan fingerprint density at radius 2 is 1.72 bits per heavy atom. The quantitative estimate of drug-likeness (QED) is 0.493. The van der Waals surface area contributed by atoms with Crippen LogP contribution in [-0.4, -0.2) is 41.4 Å². The van der Waals surface area contributed by atoms with E-state index in [1.807, 2.05) is 0 Å². The third kappa shape index (κ3) is 4.25. The van der Waals surface area contributed by atoms with Crippen LogP contribution in [0.15, 0.2) is 0 Å². The fraction of sp³-hybridized carbons (Fsp3) is 0.958. The van der Waals surface area contributed by atoms with Crippen molar-refractivity contribution in [3.8, 4) is 0 Å². The summed E-state index contributed by atoms with van der Waals surface area (Å²) >= 11 is 0. The van der Waals surface area contributed by atoms with Gasteiger partial charge in [-0.15, -0.1) is 0 Å². The zero-order valence-electron chi connectivity index (χ0n) is 19.6. The zero-order valence-corrected chi connectivity index (χ0v) is 20.4. The Labute approximate surface area is 192 Å². The molecule has 8 heteroatoms. The molecule has 0 radical (unpaired) electrons. The van der Waals surface area contributed by atoms with Crippen LogP contribution < -0.4 is 0 Å². The van der Waals surface area contributed by atoms with Crippen molar-refractivity contribution < 1.29 is 32.2 Å². The second-order valence-electron chi connectivity index (χ2n) is 11.9. The number of aliphatic hydroxyl groups excluding tert-OH is 1. The van der Waals surface area contributed by atoms with Crippen molar-refractivity contribution >= 4 is 16.4 Å². The summed E-state index contributed by atoms with van der Waals surface area (Å²) in [5, 5.41) is 19.4. The minimum atomic E-state index is -4.57. The SMILES string of the molecule is CC(CCC(=O)O)C1CCC2C3C(OS(=O)(=O)O)CC4CC(O)CCC4(C)C3CCC12C. The minimum absolute atomic E-state index is 0.0251. The number of aliphatic hydroxyl groups is 1. The largest absolute Gasteiger partial charge is 0.481 e. The van der Waals surface area contributed by atoms with Gasteiger partial charge in [0.1, 0.15) is 0 Å². The molecule has 0 aromatic heterocycles. The normalized spacial score (nSPS) is 47.2. The van der Waals surface area contributed by atoms with Crippen molar-refractivity contribution in [1.82, 2.24) is 0 Å². The molecule has 4 aliphatic rings. The molecule has 0 bridgehead atoms. The maximum atomic E-state index is 11.8. The fourth-order valence-corrected chi connectivity index (χ4v) is 9.48. The molecule has 4 saturated carbocycles. The Hall–Kier alpha value is -0.700. The van der Waals surface area contributed by atoms with E-state index >= 15 is 0 Å². The summed E-state index contributed by atoms with van der Waals surface area (Å²) in [5.41, 5.74) is 0.0780. The summed E-state index contributed by atoms with van der Waals surface area (Å²) in [7, 11) is -4.57. The van der Waals surface area contributed by atoms with Gasteiger partial charge in [0.15, 0.2) is 0 Å². The van der Waals surface area contributed by atoms with E-state index in [2.05, 4.69) is 20.8 Å².